The molecule has 1 atom stereocenters. The van der Waals surface area contributed by atoms with Gasteiger partial charge in [0.2, 0.25) is 5.91 Å². The minimum Gasteiger partial charge on any atom is -0.375 e. The molecule has 1 fully saturated rings. The molecule has 1 aliphatic carbocycles. The van der Waals surface area contributed by atoms with E-state index in [9.17, 15) is 4.79 Å². The monoisotopic (exact) mass is 233 g/mol. The molecule has 2 rings (SSSR count). The van der Waals surface area contributed by atoms with Gasteiger partial charge in [-0.25, -0.2) is 0 Å². The van der Waals surface area contributed by atoms with Crippen LogP contribution >= 0.6 is 0 Å². The van der Waals surface area contributed by atoms with Gasteiger partial charge in [0.05, 0.1) is 6.10 Å². The molecule has 1 aromatic carbocycles. The third-order valence-corrected chi connectivity index (χ3v) is 3.23. The summed E-state index contributed by atoms with van der Waals surface area (Å²) in [5, 5.41) is 2.96. The molecule has 0 heterocycles. The van der Waals surface area contributed by atoms with Crippen LogP contribution in [0.1, 0.15) is 30.1 Å². The van der Waals surface area contributed by atoms with E-state index in [1.807, 2.05) is 18.2 Å². The molecule has 3 nitrogen and oxygen atoms in total. The number of nitrogens with one attached hydrogen (secondary N) is 1. The fourth-order valence-corrected chi connectivity index (χ4v) is 1.95. The molecule has 0 bridgehead atoms. The first kappa shape index (κ1) is 12.1. The summed E-state index contributed by atoms with van der Waals surface area (Å²) in [5.41, 5.74) is 2.34. The first-order chi connectivity index (χ1) is 8.22. The van der Waals surface area contributed by atoms with Crippen LogP contribution in [0.2, 0.25) is 0 Å². The first-order valence-electron chi connectivity index (χ1n) is 6.08. The maximum atomic E-state index is 11.6. The van der Waals surface area contributed by atoms with Crippen molar-refractivity contribution in [1.29, 1.82) is 0 Å². The number of benzene rings is 1. The van der Waals surface area contributed by atoms with Crippen molar-refractivity contribution in [2.75, 3.05) is 13.7 Å². The predicted octanol–water partition coefficient (Wildman–Crippen LogP) is 2.21. The lowest BCUT2D eigenvalue weighted by atomic mass is 10.0. The highest BCUT2D eigenvalue weighted by Gasteiger charge is 2.29. The summed E-state index contributed by atoms with van der Waals surface area (Å²) in [6.07, 6.45) is 2.01. The quantitative estimate of drug-likeness (QED) is 0.846. The van der Waals surface area contributed by atoms with Gasteiger partial charge in [0, 0.05) is 19.6 Å². The van der Waals surface area contributed by atoms with Crippen LogP contribution in [0.3, 0.4) is 0 Å². The van der Waals surface area contributed by atoms with Gasteiger partial charge in [-0.2, -0.15) is 0 Å². The minimum absolute atomic E-state index is 0.0566. The zero-order valence-corrected chi connectivity index (χ0v) is 10.4. The number of amides is 1. The zero-order chi connectivity index (χ0) is 12.3. The van der Waals surface area contributed by atoms with Gasteiger partial charge in [-0.15, -0.1) is 0 Å². The average molecular weight is 233 g/mol. The molecular formula is C14H19NO2. The molecular weight excluding hydrogens is 214 g/mol. The number of methoxy groups -OCH3 is 1. The predicted molar refractivity (Wildman–Crippen MR) is 66.7 cm³/mol. The van der Waals surface area contributed by atoms with Crippen LogP contribution in [0.15, 0.2) is 24.3 Å². The van der Waals surface area contributed by atoms with Gasteiger partial charge in [-0.3, -0.25) is 4.79 Å². The summed E-state index contributed by atoms with van der Waals surface area (Å²) >= 11 is 0. The van der Waals surface area contributed by atoms with E-state index < -0.39 is 0 Å². The van der Waals surface area contributed by atoms with Gasteiger partial charge in [-0.05, 0) is 30.9 Å². The second kappa shape index (κ2) is 5.32. The van der Waals surface area contributed by atoms with E-state index in [4.69, 9.17) is 4.74 Å². The number of rotatable bonds is 5. The van der Waals surface area contributed by atoms with Crippen LogP contribution in [0.4, 0.5) is 0 Å². The van der Waals surface area contributed by atoms with Crippen LogP contribution in [-0.2, 0) is 9.53 Å². The lowest BCUT2D eigenvalue weighted by Crippen LogP contribution is -2.30. The first-order valence-corrected chi connectivity index (χ1v) is 6.08. The molecule has 0 saturated heterocycles. The summed E-state index contributed by atoms with van der Waals surface area (Å²) in [6, 6.07) is 8.11. The Morgan fingerprint density at radius 2 is 2.18 bits per heavy atom. The van der Waals surface area contributed by atoms with E-state index in [1.165, 1.54) is 5.56 Å². The zero-order valence-electron chi connectivity index (χ0n) is 10.4. The van der Waals surface area contributed by atoms with Crippen molar-refractivity contribution < 1.29 is 9.53 Å². The molecule has 1 aliphatic rings. The number of ether oxygens (including phenoxy) is 1. The Kier molecular flexibility index (Phi) is 3.79. The topological polar surface area (TPSA) is 38.3 Å². The highest BCUT2D eigenvalue weighted by molar-refractivity contribution is 5.80. The van der Waals surface area contributed by atoms with E-state index in [-0.39, 0.29) is 17.9 Å². The van der Waals surface area contributed by atoms with Crippen molar-refractivity contribution in [1.82, 2.24) is 5.32 Å². The lowest BCUT2D eigenvalue weighted by molar-refractivity contribution is -0.122. The van der Waals surface area contributed by atoms with Gasteiger partial charge >= 0.3 is 0 Å². The normalized spacial score (nSPS) is 16.6. The Morgan fingerprint density at radius 1 is 1.47 bits per heavy atom. The second-order valence-corrected chi connectivity index (χ2v) is 4.60. The van der Waals surface area contributed by atoms with E-state index in [2.05, 4.69) is 18.3 Å². The Balaban J connectivity index is 1.96. The molecule has 0 aromatic heterocycles. The molecule has 92 valence electrons. The maximum Gasteiger partial charge on any atom is 0.223 e. The number of carbonyl (C=O) groups is 1. The minimum atomic E-state index is -0.0566. The van der Waals surface area contributed by atoms with Crippen LogP contribution < -0.4 is 5.32 Å². The Hall–Kier alpha value is -1.35. The van der Waals surface area contributed by atoms with E-state index in [1.54, 1.807) is 7.11 Å². The summed E-state index contributed by atoms with van der Waals surface area (Å²) in [7, 11) is 1.68. The summed E-state index contributed by atoms with van der Waals surface area (Å²) in [4.78, 5) is 11.6. The third kappa shape index (κ3) is 3.07. The highest BCUT2D eigenvalue weighted by Crippen LogP contribution is 2.29. The Labute approximate surface area is 102 Å². The number of hydrogen-bond donors (Lipinski definition) is 1. The smallest absolute Gasteiger partial charge is 0.223 e. The van der Waals surface area contributed by atoms with Crippen molar-refractivity contribution in [3.63, 3.8) is 0 Å². The molecule has 0 aliphatic heterocycles. The van der Waals surface area contributed by atoms with Crippen LogP contribution in [0, 0.1) is 12.8 Å². The summed E-state index contributed by atoms with van der Waals surface area (Å²) in [5.74, 6) is 0.421. The maximum absolute atomic E-state index is 11.6. The van der Waals surface area contributed by atoms with E-state index in [0.29, 0.717) is 6.54 Å². The molecule has 1 aromatic rings. The standard InChI is InChI=1S/C14H19NO2/c1-10-5-3-4-6-12(10)13(17-2)9-15-14(16)11-7-8-11/h3-6,11,13H,7-9H2,1-2H3,(H,15,16). The molecule has 1 N–H and O–H groups in total. The lowest BCUT2D eigenvalue weighted by Gasteiger charge is -2.18. The molecule has 1 unspecified atom stereocenters. The van der Waals surface area contributed by atoms with Gasteiger partial charge in [0.15, 0.2) is 0 Å². The molecule has 0 radical (unpaired) electrons. The van der Waals surface area contributed by atoms with Crippen LogP contribution in [0.25, 0.3) is 0 Å². The van der Waals surface area contributed by atoms with Gasteiger partial charge in [-0.1, -0.05) is 24.3 Å². The van der Waals surface area contributed by atoms with Crippen molar-refractivity contribution >= 4 is 5.91 Å². The molecule has 17 heavy (non-hydrogen) atoms. The summed E-state index contributed by atoms with van der Waals surface area (Å²) in [6.45, 7) is 2.61. The van der Waals surface area contributed by atoms with E-state index in [0.717, 1.165) is 18.4 Å². The highest BCUT2D eigenvalue weighted by atomic mass is 16.5. The Bertz CT molecular complexity index is 399. The fourth-order valence-electron chi connectivity index (χ4n) is 1.95. The van der Waals surface area contributed by atoms with Crippen LogP contribution in [-0.4, -0.2) is 19.6 Å². The van der Waals surface area contributed by atoms with Crippen molar-refractivity contribution in [3.05, 3.63) is 35.4 Å². The van der Waals surface area contributed by atoms with Crippen molar-refractivity contribution in [2.45, 2.75) is 25.9 Å². The fraction of sp³-hybridized carbons (Fsp3) is 0.500. The number of carbonyl (C=O) groups excluding carboxylic acids is 1. The number of aryl methyl sites for hydroxylation is 1. The molecule has 1 amide bonds. The second-order valence-electron chi connectivity index (χ2n) is 4.60. The SMILES string of the molecule is COC(CNC(=O)C1CC1)c1ccccc1C. The molecule has 0 spiro atoms. The molecule has 3 heteroatoms. The van der Waals surface area contributed by atoms with E-state index >= 15 is 0 Å². The number of hydrogen-bond acceptors (Lipinski definition) is 2. The average Bonchev–Trinajstić information content (AvgIpc) is 3.15. The Morgan fingerprint density at radius 3 is 2.76 bits per heavy atom. The molecule has 1 saturated carbocycles. The van der Waals surface area contributed by atoms with Crippen molar-refractivity contribution in [2.24, 2.45) is 5.92 Å². The largest absolute Gasteiger partial charge is 0.375 e. The summed E-state index contributed by atoms with van der Waals surface area (Å²) < 4.78 is 5.45. The van der Waals surface area contributed by atoms with Gasteiger partial charge < -0.3 is 10.1 Å². The van der Waals surface area contributed by atoms with Crippen LogP contribution in [0.5, 0.6) is 0 Å². The van der Waals surface area contributed by atoms with Crippen molar-refractivity contribution in [3.8, 4) is 0 Å². The van der Waals surface area contributed by atoms with Gasteiger partial charge in [0.25, 0.3) is 0 Å². The third-order valence-electron chi connectivity index (χ3n) is 3.23. The van der Waals surface area contributed by atoms with Gasteiger partial charge in [0.1, 0.15) is 0 Å².